The van der Waals surface area contributed by atoms with Crippen molar-refractivity contribution in [2.75, 3.05) is 18.4 Å². The largest absolute Gasteiger partial charge is 0.339 e. The number of aryl methyl sites for hydroxylation is 2. The zero-order valence-corrected chi connectivity index (χ0v) is 21.3. The second-order valence-corrected chi connectivity index (χ2v) is 10.4. The Kier molecular flexibility index (Phi) is 6.96. The van der Waals surface area contributed by atoms with Crippen LogP contribution in [0.4, 0.5) is 5.69 Å². The lowest BCUT2D eigenvalue weighted by molar-refractivity contribution is 0.0712. The van der Waals surface area contributed by atoms with Gasteiger partial charge in [-0.05, 0) is 61.4 Å². The van der Waals surface area contributed by atoms with Crippen LogP contribution < -0.4 is 5.32 Å². The van der Waals surface area contributed by atoms with Crippen LogP contribution in [-0.2, 0) is 0 Å². The van der Waals surface area contributed by atoms with E-state index in [1.807, 2.05) is 67.3 Å². The molecule has 0 spiro atoms. The van der Waals surface area contributed by atoms with Crippen molar-refractivity contribution in [3.8, 4) is 10.4 Å². The number of nitrogens with zero attached hydrogens (tertiary/aromatic N) is 2. The Morgan fingerprint density at radius 1 is 0.917 bits per heavy atom. The van der Waals surface area contributed by atoms with Crippen LogP contribution >= 0.6 is 11.3 Å². The third kappa shape index (κ3) is 5.09. The molecule has 3 aromatic carbocycles. The number of hydrogen-bond donors (Lipinski definition) is 1. The van der Waals surface area contributed by atoms with Crippen LogP contribution in [0.3, 0.4) is 0 Å². The fraction of sp³-hybridized carbons (Fsp3) is 0.233. The van der Waals surface area contributed by atoms with Gasteiger partial charge < -0.3 is 10.2 Å². The molecule has 0 bridgehead atoms. The van der Waals surface area contributed by atoms with Crippen LogP contribution in [0.2, 0.25) is 0 Å². The zero-order valence-electron chi connectivity index (χ0n) is 20.5. The van der Waals surface area contributed by atoms with E-state index >= 15 is 0 Å². The Morgan fingerprint density at radius 2 is 1.58 bits per heavy atom. The number of thiazole rings is 1. The maximum Gasteiger partial charge on any atom is 0.275 e. The minimum absolute atomic E-state index is 0.0181. The average Bonchev–Trinajstić information content (AvgIpc) is 3.32. The molecule has 1 aliphatic rings. The lowest BCUT2D eigenvalue weighted by Crippen LogP contribution is -2.38. The van der Waals surface area contributed by atoms with E-state index in [4.69, 9.17) is 0 Å². The molecule has 0 atom stereocenters. The predicted octanol–water partition coefficient (Wildman–Crippen LogP) is 6.70. The number of piperidine rings is 1. The first-order chi connectivity index (χ1) is 17.5. The van der Waals surface area contributed by atoms with Crippen molar-refractivity contribution in [3.05, 3.63) is 106 Å². The fourth-order valence-corrected chi connectivity index (χ4v) is 5.72. The Morgan fingerprint density at radius 3 is 2.28 bits per heavy atom. The summed E-state index contributed by atoms with van der Waals surface area (Å²) in [6, 6.07) is 25.9. The Hall–Kier alpha value is -3.77. The molecule has 1 fully saturated rings. The standard InChI is InChI=1S/C30H29N3O2S/c1-20-13-14-25(32-29(34)27-28(36-21(2)31-27)24-11-7-4-8-12-24)19-26(20)30(35)33-17-15-23(16-18-33)22-9-5-3-6-10-22/h3-14,19,23H,15-18H2,1-2H3,(H,32,34). The zero-order chi connectivity index (χ0) is 25.1. The van der Waals surface area contributed by atoms with E-state index in [-0.39, 0.29) is 11.8 Å². The van der Waals surface area contributed by atoms with Crippen LogP contribution in [0.25, 0.3) is 10.4 Å². The number of rotatable bonds is 5. The van der Waals surface area contributed by atoms with Gasteiger partial charge in [0.15, 0.2) is 0 Å². The maximum absolute atomic E-state index is 13.4. The van der Waals surface area contributed by atoms with E-state index in [2.05, 4.69) is 34.6 Å². The third-order valence-electron chi connectivity index (χ3n) is 6.76. The van der Waals surface area contributed by atoms with Crippen LogP contribution in [0.5, 0.6) is 0 Å². The molecule has 5 nitrogen and oxygen atoms in total. The van der Waals surface area contributed by atoms with Gasteiger partial charge in [-0.3, -0.25) is 9.59 Å². The summed E-state index contributed by atoms with van der Waals surface area (Å²) in [6.45, 7) is 5.30. The van der Waals surface area contributed by atoms with Gasteiger partial charge in [-0.15, -0.1) is 11.3 Å². The van der Waals surface area contributed by atoms with Gasteiger partial charge in [0, 0.05) is 24.3 Å². The molecule has 0 radical (unpaired) electrons. The summed E-state index contributed by atoms with van der Waals surface area (Å²) in [7, 11) is 0. The molecule has 1 aliphatic heterocycles. The number of nitrogens with one attached hydrogen (secondary N) is 1. The summed E-state index contributed by atoms with van der Waals surface area (Å²) in [5, 5.41) is 3.80. The monoisotopic (exact) mass is 495 g/mol. The predicted molar refractivity (Wildman–Crippen MR) is 146 cm³/mol. The molecule has 5 rings (SSSR count). The number of carbonyl (C=O) groups is 2. The highest BCUT2D eigenvalue weighted by Gasteiger charge is 2.26. The van der Waals surface area contributed by atoms with Gasteiger partial charge in [0.25, 0.3) is 11.8 Å². The smallest absolute Gasteiger partial charge is 0.275 e. The molecule has 6 heteroatoms. The molecule has 2 heterocycles. The molecule has 1 saturated heterocycles. The molecular weight excluding hydrogens is 466 g/mol. The number of amides is 2. The number of anilines is 1. The lowest BCUT2D eigenvalue weighted by Gasteiger charge is -2.32. The molecule has 36 heavy (non-hydrogen) atoms. The van der Waals surface area contributed by atoms with Crippen LogP contribution in [0.1, 0.15) is 55.7 Å². The molecule has 0 aliphatic carbocycles. The highest BCUT2D eigenvalue weighted by molar-refractivity contribution is 7.15. The molecular formula is C30H29N3O2S. The summed E-state index contributed by atoms with van der Waals surface area (Å²) in [4.78, 5) is 33.9. The Labute approximate surface area is 215 Å². The minimum atomic E-state index is -0.274. The van der Waals surface area contributed by atoms with E-state index in [1.54, 1.807) is 6.07 Å². The molecule has 1 aromatic heterocycles. The average molecular weight is 496 g/mol. The van der Waals surface area contributed by atoms with Gasteiger partial charge in [0.2, 0.25) is 0 Å². The number of likely N-dealkylation sites (tertiary alicyclic amines) is 1. The minimum Gasteiger partial charge on any atom is -0.339 e. The van der Waals surface area contributed by atoms with Gasteiger partial charge in [0.1, 0.15) is 5.69 Å². The second-order valence-electron chi connectivity index (χ2n) is 9.24. The van der Waals surface area contributed by atoms with E-state index in [0.29, 0.717) is 22.9 Å². The summed E-state index contributed by atoms with van der Waals surface area (Å²) in [5.41, 5.74) is 4.84. The summed E-state index contributed by atoms with van der Waals surface area (Å²) < 4.78 is 0. The molecule has 4 aromatic rings. The topological polar surface area (TPSA) is 62.3 Å². The maximum atomic E-state index is 13.4. The summed E-state index contributed by atoms with van der Waals surface area (Å²) >= 11 is 1.50. The molecule has 1 N–H and O–H groups in total. The van der Waals surface area contributed by atoms with Crippen LogP contribution in [0.15, 0.2) is 78.9 Å². The van der Waals surface area contributed by atoms with E-state index in [9.17, 15) is 9.59 Å². The number of aromatic nitrogens is 1. The number of hydrogen-bond acceptors (Lipinski definition) is 4. The molecule has 0 unspecified atom stereocenters. The van der Waals surface area contributed by atoms with E-state index < -0.39 is 0 Å². The summed E-state index contributed by atoms with van der Waals surface area (Å²) in [5.74, 6) is 0.232. The van der Waals surface area contributed by atoms with Crippen LogP contribution in [-0.4, -0.2) is 34.8 Å². The fourth-order valence-electron chi connectivity index (χ4n) is 4.80. The molecule has 0 saturated carbocycles. The van der Waals surface area contributed by atoms with Crippen molar-refractivity contribution in [1.82, 2.24) is 9.88 Å². The van der Waals surface area contributed by atoms with Crippen molar-refractivity contribution in [2.24, 2.45) is 0 Å². The first-order valence-corrected chi connectivity index (χ1v) is 13.1. The molecule has 182 valence electrons. The lowest BCUT2D eigenvalue weighted by atomic mass is 9.89. The van der Waals surface area contributed by atoms with Gasteiger partial charge >= 0.3 is 0 Å². The van der Waals surface area contributed by atoms with Gasteiger partial charge in [-0.1, -0.05) is 66.7 Å². The van der Waals surface area contributed by atoms with Crippen molar-refractivity contribution >= 4 is 28.8 Å². The first kappa shape index (κ1) is 23.9. The number of benzene rings is 3. The first-order valence-electron chi connectivity index (χ1n) is 12.3. The van der Waals surface area contributed by atoms with Gasteiger partial charge in [0.05, 0.1) is 9.88 Å². The normalized spacial score (nSPS) is 14.0. The van der Waals surface area contributed by atoms with E-state index in [0.717, 1.165) is 46.9 Å². The van der Waals surface area contributed by atoms with Gasteiger partial charge in [-0.25, -0.2) is 4.98 Å². The second kappa shape index (κ2) is 10.5. The van der Waals surface area contributed by atoms with Gasteiger partial charge in [-0.2, -0.15) is 0 Å². The molecule has 2 amide bonds. The third-order valence-corrected chi connectivity index (χ3v) is 7.78. The summed E-state index contributed by atoms with van der Waals surface area (Å²) in [6.07, 6.45) is 1.91. The SMILES string of the molecule is Cc1nc(C(=O)Nc2ccc(C)c(C(=O)N3CCC(c4ccccc4)CC3)c2)c(-c2ccccc2)s1. The Balaban J connectivity index is 1.30. The van der Waals surface area contributed by atoms with Crippen molar-refractivity contribution in [1.29, 1.82) is 0 Å². The van der Waals surface area contributed by atoms with Crippen molar-refractivity contribution in [3.63, 3.8) is 0 Å². The van der Waals surface area contributed by atoms with Crippen molar-refractivity contribution < 1.29 is 9.59 Å². The highest BCUT2D eigenvalue weighted by atomic mass is 32.1. The number of carbonyl (C=O) groups excluding carboxylic acids is 2. The quantitative estimate of drug-likeness (QED) is 0.335. The highest BCUT2D eigenvalue weighted by Crippen LogP contribution is 2.31. The van der Waals surface area contributed by atoms with Crippen molar-refractivity contribution in [2.45, 2.75) is 32.6 Å². The van der Waals surface area contributed by atoms with E-state index in [1.165, 1.54) is 16.9 Å². The Bertz CT molecular complexity index is 1370. The van der Waals surface area contributed by atoms with Crippen LogP contribution in [0, 0.1) is 13.8 Å².